The lowest BCUT2D eigenvalue weighted by Gasteiger charge is -2.03. The van der Waals surface area contributed by atoms with Crippen molar-refractivity contribution in [3.8, 4) is 5.75 Å². The average molecular weight is 278 g/mol. The van der Waals surface area contributed by atoms with Crippen LogP contribution in [0.5, 0.6) is 5.75 Å². The van der Waals surface area contributed by atoms with E-state index in [1.54, 1.807) is 19.3 Å². The number of ether oxygens (including phenoxy) is 2. The van der Waals surface area contributed by atoms with E-state index in [0.29, 0.717) is 11.3 Å². The third-order valence-corrected chi connectivity index (χ3v) is 3.23. The molecule has 3 nitrogen and oxygen atoms in total. The smallest absolute Gasteiger partial charge is 0.343 e. The van der Waals surface area contributed by atoms with Gasteiger partial charge < -0.3 is 9.47 Å². The zero-order valence-electron chi connectivity index (χ0n) is 11.6. The maximum absolute atomic E-state index is 12.0. The van der Waals surface area contributed by atoms with Crippen molar-refractivity contribution in [2.24, 2.45) is 0 Å². The van der Waals surface area contributed by atoms with Crippen LogP contribution in [0.2, 0.25) is 0 Å². The van der Waals surface area contributed by atoms with Crippen LogP contribution in [0.15, 0.2) is 66.2 Å². The summed E-state index contributed by atoms with van der Waals surface area (Å²) in [5.41, 5.74) is 2.24. The summed E-state index contributed by atoms with van der Waals surface area (Å²) in [5, 5.41) is 0. The number of esters is 1. The second-order valence-electron chi connectivity index (χ2n) is 4.61. The molecular formula is C18H14O3. The molecule has 1 heterocycles. The Morgan fingerprint density at radius 2 is 1.71 bits per heavy atom. The predicted octanol–water partition coefficient (Wildman–Crippen LogP) is 3.68. The van der Waals surface area contributed by atoms with Crippen molar-refractivity contribution < 1.29 is 14.3 Å². The van der Waals surface area contributed by atoms with Gasteiger partial charge in [0.2, 0.25) is 0 Å². The van der Waals surface area contributed by atoms with E-state index in [2.05, 4.69) is 0 Å². The number of cyclic esters (lactones) is 1. The van der Waals surface area contributed by atoms with Gasteiger partial charge in [0.1, 0.15) is 11.5 Å². The number of hydrogen-bond donors (Lipinski definition) is 0. The number of carbonyl (C=O) groups is 1. The summed E-state index contributed by atoms with van der Waals surface area (Å²) in [6, 6.07) is 17.1. The lowest BCUT2D eigenvalue weighted by molar-refractivity contribution is -0.130. The molecule has 0 spiro atoms. The van der Waals surface area contributed by atoms with E-state index in [0.717, 1.165) is 16.9 Å². The Hall–Kier alpha value is -2.81. The van der Waals surface area contributed by atoms with Crippen LogP contribution in [0.3, 0.4) is 0 Å². The van der Waals surface area contributed by atoms with Crippen molar-refractivity contribution in [1.29, 1.82) is 0 Å². The molecule has 2 aromatic carbocycles. The van der Waals surface area contributed by atoms with E-state index in [1.807, 2.05) is 54.6 Å². The van der Waals surface area contributed by atoms with Crippen molar-refractivity contribution in [3.05, 3.63) is 77.4 Å². The molecule has 0 aliphatic carbocycles. The molecule has 0 saturated carbocycles. The van der Waals surface area contributed by atoms with Crippen molar-refractivity contribution in [1.82, 2.24) is 0 Å². The first kappa shape index (κ1) is 13.2. The zero-order valence-corrected chi connectivity index (χ0v) is 11.6. The van der Waals surface area contributed by atoms with Crippen LogP contribution < -0.4 is 4.74 Å². The molecule has 1 aliphatic heterocycles. The fourth-order valence-corrected chi connectivity index (χ4v) is 2.19. The molecule has 104 valence electrons. The summed E-state index contributed by atoms with van der Waals surface area (Å²) in [4.78, 5) is 12.0. The monoisotopic (exact) mass is 278 g/mol. The van der Waals surface area contributed by atoms with Crippen LogP contribution in [0.25, 0.3) is 11.8 Å². The van der Waals surface area contributed by atoms with Crippen LogP contribution in [0.1, 0.15) is 11.1 Å². The highest BCUT2D eigenvalue weighted by Crippen LogP contribution is 2.29. The number of carbonyl (C=O) groups excluding carboxylic acids is 1. The van der Waals surface area contributed by atoms with E-state index < -0.39 is 0 Å². The van der Waals surface area contributed by atoms with Crippen molar-refractivity contribution in [2.45, 2.75) is 0 Å². The maximum Gasteiger partial charge on any atom is 0.343 e. The Morgan fingerprint density at radius 1 is 1.00 bits per heavy atom. The molecule has 3 rings (SSSR count). The normalized spacial score (nSPS) is 15.8. The van der Waals surface area contributed by atoms with Crippen LogP contribution in [0.4, 0.5) is 0 Å². The van der Waals surface area contributed by atoms with Crippen LogP contribution in [-0.4, -0.2) is 13.1 Å². The number of benzene rings is 2. The Morgan fingerprint density at radius 3 is 2.48 bits per heavy atom. The molecule has 0 atom stereocenters. The lowest BCUT2D eigenvalue weighted by atomic mass is 10.1. The van der Waals surface area contributed by atoms with Gasteiger partial charge in [0.05, 0.1) is 12.7 Å². The zero-order chi connectivity index (χ0) is 14.7. The minimum absolute atomic E-state index is 0.347. The molecule has 3 heteroatoms. The van der Waals surface area contributed by atoms with E-state index in [1.165, 1.54) is 0 Å². The molecular weight excluding hydrogens is 264 g/mol. The van der Waals surface area contributed by atoms with Crippen LogP contribution >= 0.6 is 0 Å². The summed E-state index contributed by atoms with van der Waals surface area (Å²) in [6.45, 7) is 0. The van der Waals surface area contributed by atoms with Gasteiger partial charge in [-0.25, -0.2) is 4.79 Å². The second-order valence-corrected chi connectivity index (χ2v) is 4.61. The largest absolute Gasteiger partial charge is 0.496 e. The molecule has 0 bridgehead atoms. The Kier molecular flexibility index (Phi) is 3.56. The standard InChI is InChI=1S/C18H14O3/c1-20-16-10-6-5-9-14(16)11-15-12-17(21-18(15)19)13-7-3-2-4-8-13/h2-12H,1H3/b15-11+. The van der Waals surface area contributed by atoms with Gasteiger partial charge in [-0.2, -0.15) is 0 Å². The molecule has 0 fully saturated rings. The molecule has 0 amide bonds. The molecule has 1 aliphatic rings. The summed E-state index contributed by atoms with van der Waals surface area (Å²) in [6.07, 6.45) is 3.53. The van der Waals surface area contributed by atoms with Gasteiger partial charge in [-0.1, -0.05) is 48.5 Å². The number of para-hydroxylation sites is 1. The highest BCUT2D eigenvalue weighted by Gasteiger charge is 2.22. The summed E-state index contributed by atoms with van der Waals surface area (Å²) >= 11 is 0. The van der Waals surface area contributed by atoms with Crippen LogP contribution in [-0.2, 0) is 9.53 Å². The van der Waals surface area contributed by atoms with Gasteiger partial charge in [0, 0.05) is 11.1 Å². The lowest BCUT2D eigenvalue weighted by Crippen LogP contribution is -1.97. The van der Waals surface area contributed by atoms with E-state index >= 15 is 0 Å². The molecule has 21 heavy (non-hydrogen) atoms. The fourth-order valence-electron chi connectivity index (χ4n) is 2.19. The fraction of sp³-hybridized carbons (Fsp3) is 0.0556. The van der Waals surface area contributed by atoms with E-state index in [9.17, 15) is 4.79 Å². The molecule has 0 radical (unpaired) electrons. The Balaban J connectivity index is 1.97. The first-order valence-corrected chi connectivity index (χ1v) is 6.62. The molecule has 0 saturated heterocycles. The van der Waals surface area contributed by atoms with Crippen LogP contribution in [0, 0.1) is 0 Å². The summed E-state index contributed by atoms with van der Waals surface area (Å²) < 4.78 is 10.6. The number of hydrogen-bond acceptors (Lipinski definition) is 3. The second kappa shape index (κ2) is 5.67. The first-order chi connectivity index (χ1) is 10.3. The Labute approximate surface area is 123 Å². The predicted molar refractivity (Wildman–Crippen MR) is 81.5 cm³/mol. The SMILES string of the molecule is COc1ccccc1/C=C1\C=C(c2ccccc2)OC1=O. The highest BCUT2D eigenvalue weighted by molar-refractivity contribution is 6.05. The molecule has 2 aromatic rings. The maximum atomic E-state index is 12.0. The summed E-state index contributed by atoms with van der Waals surface area (Å²) in [7, 11) is 1.61. The van der Waals surface area contributed by atoms with Gasteiger partial charge in [-0.05, 0) is 18.2 Å². The molecule has 0 aromatic heterocycles. The minimum atomic E-state index is -0.347. The minimum Gasteiger partial charge on any atom is -0.496 e. The van der Waals surface area contributed by atoms with Crippen molar-refractivity contribution in [2.75, 3.05) is 7.11 Å². The van der Waals surface area contributed by atoms with Gasteiger partial charge >= 0.3 is 5.97 Å². The third kappa shape index (κ3) is 2.72. The number of methoxy groups -OCH3 is 1. The van der Waals surface area contributed by atoms with Crippen molar-refractivity contribution in [3.63, 3.8) is 0 Å². The average Bonchev–Trinajstić information content (AvgIpc) is 2.90. The molecule has 0 N–H and O–H groups in total. The third-order valence-electron chi connectivity index (χ3n) is 3.23. The topological polar surface area (TPSA) is 35.5 Å². The molecule has 0 unspecified atom stereocenters. The Bertz CT molecular complexity index is 727. The van der Waals surface area contributed by atoms with Gasteiger partial charge in [0.25, 0.3) is 0 Å². The first-order valence-electron chi connectivity index (χ1n) is 6.62. The van der Waals surface area contributed by atoms with Gasteiger partial charge in [0.15, 0.2) is 0 Å². The number of rotatable bonds is 3. The van der Waals surface area contributed by atoms with E-state index in [-0.39, 0.29) is 5.97 Å². The van der Waals surface area contributed by atoms with E-state index in [4.69, 9.17) is 9.47 Å². The van der Waals surface area contributed by atoms with Gasteiger partial charge in [-0.15, -0.1) is 0 Å². The van der Waals surface area contributed by atoms with Crippen molar-refractivity contribution >= 4 is 17.8 Å². The van der Waals surface area contributed by atoms with Gasteiger partial charge in [-0.3, -0.25) is 0 Å². The highest BCUT2D eigenvalue weighted by atomic mass is 16.5. The summed E-state index contributed by atoms with van der Waals surface area (Å²) in [5.74, 6) is 0.945. The quantitative estimate of drug-likeness (QED) is 0.634.